The molecular weight excluding hydrogens is 317 g/mol. The van der Waals surface area contributed by atoms with E-state index in [9.17, 15) is 0 Å². The maximum atomic E-state index is 6.05. The fourth-order valence-corrected chi connectivity index (χ4v) is 2.03. The van der Waals surface area contributed by atoms with Crippen molar-refractivity contribution in [1.29, 1.82) is 0 Å². The predicted octanol–water partition coefficient (Wildman–Crippen LogP) is 3.48. The Hall–Kier alpha value is -1.89. The van der Waals surface area contributed by atoms with Crippen LogP contribution < -0.4 is 25.5 Å². The molecule has 0 radical (unpaired) electrons. The molecule has 0 fully saturated rings. The lowest BCUT2D eigenvalue weighted by molar-refractivity contribution is 0.385. The van der Waals surface area contributed by atoms with Crippen LogP contribution in [0.3, 0.4) is 0 Å². The third-order valence-corrected chi connectivity index (χ3v) is 3.13. The number of ether oxygens (including phenoxy) is 3. The zero-order chi connectivity index (χ0) is 15.4. The van der Waals surface area contributed by atoms with E-state index in [-0.39, 0.29) is 21.7 Å². The molecule has 0 spiro atoms. The molecule has 0 unspecified atom stereocenters. The summed E-state index contributed by atoms with van der Waals surface area (Å²) in [6.07, 6.45) is 0. The number of methoxy groups -OCH3 is 2. The SMILES string of the molecule is COc1cc(OC)cc(Oc2nc(NN)c(Cl)cc2Cl)c1. The van der Waals surface area contributed by atoms with E-state index in [2.05, 4.69) is 10.4 Å². The van der Waals surface area contributed by atoms with Crippen LogP contribution in [-0.4, -0.2) is 19.2 Å². The Bertz CT molecular complexity index is 631. The second-order valence-corrected chi connectivity index (χ2v) is 4.71. The van der Waals surface area contributed by atoms with Crippen molar-refractivity contribution >= 4 is 29.0 Å². The van der Waals surface area contributed by atoms with Crippen molar-refractivity contribution in [2.24, 2.45) is 5.84 Å². The van der Waals surface area contributed by atoms with Gasteiger partial charge < -0.3 is 19.6 Å². The molecule has 3 N–H and O–H groups in total. The zero-order valence-electron chi connectivity index (χ0n) is 11.3. The molecule has 112 valence electrons. The molecule has 1 heterocycles. The van der Waals surface area contributed by atoms with Gasteiger partial charge >= 0.3 is 0 Å². The smallest absolute Gasteiger partial charge is 0.240 e. The lowest BCUT2D eigenvalue weighted by Gasteiger charge is -2.12. The number of nitrogens with zero attached hydrogens (tertiary/aromatic N) is 1. The van der Waals surface area contributed by atoms with Crippen molar-refractivity contribution in [2.75, 3.05) is 19.6 Å². The third kappa shape index (κ3) is 3.60. The van der Waals surface area contributed by atoms with Gasteiger partial charge in [0.25, 0.3) is 0 Å². The number of benzene rings is 1. The maximum Gasteiger partial charge on any atom is 0.240 e. The molecule has 0 bridgehead atoms. The van der Waals surface area contributed by atoms with Crippen LogP contribution in [0.25, 0.3) is 0 Å². The first-order valence-electron chi connectivity index (χ1n) is 5.81. The van der Waals surface area contributed by atoms with Crippen molar-refractivity contribution in [3.05, 3.63) is 34.3 Å². The van der Waals surface area contributed by atoms with Crippen molar-refractivity contribution in [3.8, 4) is 23.1 Å². The first-order chi connectivity index (χ1) is 10.1. The average molecular weight is 330 g/mol. The topological polar surface area (TPSA) is 78.6 Å². The quantitative estimate of drug-likeness (QED) is 0.645. The summed E-state index contributed by atoms with van der Waals surface area (Å²) in [5, 5.41) is 0.541. The van der Waals surface area contributed by atoms with Gasteiger partial charge in [-0.1, -0.05) is 23.2 Å². The number of nitrogens with one attached hydrogen (secondary N) is 1. The van der Waals surface area contributed by atoms with Gasteiger partial charge in [-0.2, -0.15) is 4.98 Å². The fourth-order valence-electron chi connectivity index (χ4n) is 1.57. The van der Waals surface area contributed by atoms with Gasteiger partial charge in [-0.3, -0.25) is 0 Å². The molecule has 2 aromatic rings. The minimum atomic E-state index is 0.157. The number of aromatic nitrogens is 1. The van der Waals surface area contributed by atoms with Crippen LogP contribution in [-0.2, 0) is 0 Å². The van der Waals surface area contributed by atoms with Gasteiger partial charge in [-0.25, -0.2) is 5.84 Å². The highest BCUT2D eigenvalue weighted by Crippen LogP contribution is 2.35. The van der Waals surface area contributed by atoms with E-state index in [1.54, 1.807) is 32.4 Å². The number of rotatable bonds is 5. The summed E-state index contributed by atoms with van der Waals surface area (Å²) in [7, 11) is 3.09. The second kappa shape index (κ2) is 6.71. The molecule has 0 saturated carbocycles. The van der Waals surface area contributed by atoms with Crippen LogP contribution in [0.4, 0.5) is 5.82 Å². The Morgan fingerprint density at radius 3 is 2.05 bits per heavy atom. The summed E-state index contributed by atoms with van der Waals surface area (Å²) < 4.78 is 16.0. The number of nitrogens with two attached hydrogens (primary N) is 1. The molecule has 0 aliphatic rings. The van der Waals surface area contributed by atoms with Crippen LogP contribution >= 0.6 is 23.2 Å². The first kappa shape index (κ1) is 15.5. The molecule has 1 aromatic carbocycles. The zero-order valence-corrected chi connectivity index (χ0v) is 12.8. The molecule has 0 saturated heterocycles. The summed E-state index contributed by atoms with van der Waals surface area (Å²) in [5.41, 5.74) is 2.36. The van der Waals surface area contributed by atoms with Gasteiger partial charge in [0.05, 0.1) is 19.2 Å². The number of hydrogen-bond donors (Lipinski definition) is 2. The van der Waals surface area contributed by atoms with Gasteiger partial charge in [0, 0.05) is 18.2 Å². The van der Waals surface area contributed by atoms with E-state index < -0.39 is 0 Å². The molecule has 0 aliphatic carbocycles. The van der Waals surface area contributed by atoms with Crippen molar-refractivity contribution in [3.63, 3.8) is 0 Å². The summed E-state index contributed by atoms with van der Waals surface area (Å²) in [6, 6.07) is 6.55. The number of nitrogen functional groups attached to an aromatic ring is 1. The largest absolute Gasteiger partial charge is 0.496 e. The fraction of sp³-hybridized carbons (Fsp3) is 0.154. The van der Waals surface area contributed by atoms with Gasteiger partial charge in [-0.15, -0.1) is 0 Å². The normalized spacial score (nSPS) is 10.1. The second-order valence-electron chi connectivity index (χ2n) is 3.90. The predicted molar refractivity (Wildman–Crippen MR) is 81.7 cm³/mol. The Morgan fingerprint density at radius 1 is 0.952 bits per heavy atom. The van der Waals surface area contributed by atoms with E-state index in [0.717, 1.165) is 0 Å². The van der Waals surface area contributed by atoms with Crippen LogP contribution in [0.2, 0.25) is 10.0 Å². The highest BCUT2D eigenvalue weighted by Gasteiger charge is 2.12. The van der Waals surface area contributed by atoms with Crippen LogP contribution in [0.1, 0.15) is 0 Å². The molecule has 1 aromatic heterocycles. The summed E-state index contributed by atoms with van der Waals surface area (Å²) >= 11 is 12.0. The average Bonchev–Trinajstić information content (AvgIpc) is 2.49. The van der Waals surface area contributed by atoms with E-state index in [4.69, 9.17) is 43.3 Å². The Kier molecular flexibility index (Phi) is 4.95. The van der Waals surface area contributed by atoms with Crippen LogP contribution in [0.5, 0.6) is 23.1 Å². The van der Waals surface area contributed by atoms with Gasteiger partial charge in [-0.05, 0) is 6.07 Å². The molecule has 8 heteroatoms. The number of anilines is 1. The van der Waals surface area contributed by atoms with Crippen molar-refractivity contribution < 1.29 is 14.2 Å². The van der Waals surface area contributed by atoms with Gasteiger partial charge in [0.1, 0.15) is 22.3 Å². The van der Waals surface area contributed by atoms with Crippen molar-refractivity contribution in [2.45, 2.75) is 0 Å². The number of pyridine rings is 1. The maximum absolute atomic E-state index is 6.05. The molecule has 0 aliphatic heterocycles. The lowest BCUT2D eigenvalue weighted by Crippen LogP contribution is -2.09. The third-order valence-electron chi connectivity index (χ3n) is 2.57. The van der Waals surface area contributed by atoms with Crippen LogP contribution in [0.15, 0.2) is 24.3 Å². The highest BCUT2D eigenvalue weighted by molar-refractivity contribution is 6.36. The minimum absolute atomic E-state index is 0.157. The molecule has 0 atom stereocenters. The Balaban J connectivity index is 2.37. The highest BCUT2D eigenvalue weighted by atomic mass is 35.5. The number of halogens is 2. The molecule has 6 nitrogen and oxygen atoms in total. The van der Waals surface area contributed by atoms with E-state index in [0.29, 0.717) is 17.2 Å². The van der Waals surface area contributed by atoms with Crippen LogP contribution in [0, 0.1) is 0 Å². The summed E-state index contributed by atoms with van der Waals surface area (Å²) in [4.78, 5) is 4.09. The monoisotopic (exact) mass is 329 g/mol. The number of hydrazine groups is 1. The molecule has 2 rings (SSSR count). The Labute approximate surface area is 131 Å². The summed E-state index contributed by atoms with van der Waals surface area (Å²) in [5.74, 6) is 7.33. The molecular formula is C13H13Cl2N3O3. The number of hydrogen-bond acceptors (Lipinski definition) is 6. The summed E-state index contributed by atoms with van der Waals surface area (Å²) in [6.45, 7) is 0. The minimum Gasteiger partial charge on any atom is -0.496 e. The lowest BCUT2D eigenvalue weighted by atomic mass is 10.3. The van der Waals surface area contributed by atoms with Gasteiger partial charge in [0.15, 0.2) is 5.82 Å². The van der Waals surface area contributed by atoms with E-state index in [1.807, 2.05) is 0 Å². The standard InChI is InChI=1S/C13H13Cl2N3O3/c1-19-7-3-8(20-2)5-9(4-7)21-13-11(15)6-10(14)12(17-13)18-16/h3-6H,16H2,1-2H3,(H,17,18). The van der Waals surface area contributed by atoms with Gasteiger partial charge in [0.2, 0.25) is 5.88 Å². The Morgan fingerprint density at radius 2 is 1.52 bits per heavy atom. The van der Waals surface area contributed by atoms with E-state index >= 15 is 0 Å². The molecule has 21 heavy (non-hydrogen) atoms. The first-order valence-corrected chi connectivity index (χ1v) is 6.56. The van der Waals surface area contributed by atoms with E-state index in [1.165, 1.54) is 6.07 Å². The molecule has 0 amide bonds. The van der Waals surface area contributed by atoms with Crippen molar-refractivity contribution in [1.82, 2.24) is 4.98 Å².